The fraction of sp³-hybridized carbons (Fsp3) is 0.0714. The Labute approximate surface area is 112 Å². The molecule has 1 nitrogen and oxygen atoms in total. The van der Waals surface area contributed by atoms with Gasteiger partial charge in [-0.05, 0) is 29.8 Å². The van der Waals surface area contributed by atoms with Gasteiger partial charge in [0.1, 0.15) is 0 Å². The Morgan fingerprint density at radius 1 is 1.06 bits per heavy atom. The van der Waals surface area contributed by atoms with Gasteiger partial charge in [0.05, 0.1) is 5.56 Å². The molecule has 0 atom stereocenters. The van der Waals surface area contributed by atoms with E-state index in [-0.39, 0.29) is 12.0 Å². The first-order valence-corrected chi connectivity index (χ1v) is 6.09. The van der Waals surface area contributed by atoms with E-state index in [1.54, 1.807) is 24.3 Å². The van der Waals surface area contributed by atoms with Crippen LogP contribution in [0.3, 0.4) is 0 Å². The first-order chi connectivity index (χ1) is 8.58. The molecule has 0 amide bonds. The van der Waals surface area contributed by atoms with E-state index in [4.69, 9.17) is 0 Å². The molecule has 0 aromatic heterocycles. The molecule has 0 bridgehead atoms. The Hall–Kier alpha value is -1.55. The monoisotopic (exact) mass is 310 g/mol. The summed E-state index contributed by atoms with van der Waals surface area (Å²) in [5.74, 6) is -2.52. The second kappa shape index (κ2) is 5.40. The Morgan fingerprint density at radius 3 is 2.39 bits per heavy atom. The third-order valence-electron chi connectivity index (χ3n) is 2.53. The van der Waals surface area contributed by atoms with Crippen LogP contribution in [0.2, 0.25) is 0 Å². The third kappa shape index (κ3) is 2.82. The van der Waals surface area contributed by atoms with Crippen LogP contribution in [0, 0.1) is 11.6 Å². The van der Waals surface area contributed by atoms with E-state index in [1.165, 1.54) is 12.1 Å². The van der Waals surface area contributed by atoms with Gasteiger partial charge < -0.3 is 0 Å². The summed E-state index contributed by atoms with van der Waals surface area (Å²) >= 11 is 3.28. The highest BCUT2D eigenvalue weighted by Crippen LogP contribution is 2.16. The molecule has 0 radical (unpaired) electrons. The number of hydrogen-bond acceptors (Lipinski definition) is 1. The van der Waals surface area contributed by atoms with Crippen LogP contribution in [0.1, 0.15) is 15.9 Å². The molecule has 0 heterocycles. The first kappa shape index (κ1) is 12.9. The second-order valence-corrected chi connectivity index (χ2v) is 4.74. The van der Waals surface area contributed by atoms with E-state index in [0.29, 0.717) is 0 Å². The van der Waals surface area contributed by atoms with Crippen molar-refractivity contribution in [2.75, 3.05) is 0 Å². The quantitative estimate of drug-likeness (QED) is 0.778. The summed E-state index contributed by atoms with van der Waals surface area (Å²) in [6, 6.07) is 10.7. The van der Waals surface area contributed by atoms with Gasteiger partial charge in [-0.25, -0.2) is 8.78 Å². The minimum absolute atomic E-state index is 0.0493. The number of halogens is 3. The molecule has 18 heavy (non-hydrogen) atoms. The lowest BCUT2D eigenvalue weighted by atomic mass is 10.0. The van der Waals surface area contributed by atoms with Gasteiger partial charge in [0, 0.05) is 10.9 Å². The Balaban J connectivity index is 2.22. The fourth-order valence-electron chi connectivity index (χ4n) is 1.60. The Morgan fingerprint density at radius 2 is 1.72 bits per heavy atom. The fourth-order valence-corrected chi connectivity index (χ4v) is 1.87. The van der Waals surface area contributed by atoms with E-state index >= 15 is 0 Å². The Bertz CT molecular complexity index is 579. The van der Waals surface area contributed by atoms with Gasteiger partial charge in [0.25, 0.3) is 0 Å². The van der Waals surface area contributed by atoms with Gasteiger partial charge in [-0.3, -0.25) is 4.79 Å². The van der Waals surface area contributed by atoms with Crippen molar-refractivity contribution < 1.29 is 13.6 Å². The third-order valence-corrected chi connectivity index (χ3v) is 3.06. The van der Waals surface area contributed by atoms with Crippen LogP contribution in [-0.2, 0) is 6.42 Å². The lowest BCUT2D eigenvalue weighted by molar-refractivity contribution is 0.0988. The van der Waals surface area contributed by atoms with Crippen LogP contribution < -0.4 is 0 Å². The summed E-state index contributed by atoms with van der Waals surface area (Å²) < 4.78 is 27.3. The molecular formula is C14H9BrF2O. The summed E-state index contributed by atoms with van der Waals surface area (Å²) in [5.41, 5.74) is 0.546. The smallest absolute Gasteiger partial charge is 0.170 e. The molecule has 0 aliphatic heterocycles. The summed E-state index contributed by atoms with van der Waals surface area (Å²) in [6.45, 7) is 0. The average Bonchev–Trinajstić information content (AvgIpc) is 2.35. The molecule has 0 unspecified atom stereocenters. The summed E-state index contributed by atoms with van der Waals surface area (Å²) in [4.78, 5) is 11.9. The van der Waals surface area contributed by atoms with Crippen molar-refractivity contribution in [2.24, 2.45) is 0 Å². The van der Waals surface area contributed by atoms with E-state index < -0.39 is 17.4 Å². The van der Waals surface area contributed by atoms with Crippen molar-refractivity contribution in [3.05, 3.63) is 69.7 Å². The van der Waals surface area contributed by atoms with Crippen molar-refractivity contribution in [3.63, 3.8) is 0 Å². The molecule has 0 spiro atoms. The zero-order valence-corrected chi connectivity index (χ0v) is 10.9. The van der Waals surface area contributed by atoms with E-state index in [0.717, 1.165) is 16.1 Å². The molecule has 4 heteroatoms. The number of ketones is 1. The lowest BCUT2D eigenvalue weighted by Gasteiger charge is -2.03. The number of hydrogen-bond donors (Lipinski definition) is 0. The zero-order valence-electron chi connectivity index (χ0n) is 9.29. The van der Waals surface area contributed by atoms with Crippen molar-refractivity contribution in [2.45, 2.75) is 6.42 Å². The minimum atomic E-state index is -1.08. The van der Waals surface area contributed by atoms with Crippen LogP contribution in [0.4, 0.5) is 8.78 Å². The predicted molar refractivity (Wildman–Crippen MR) is 68.5 cm³/mol. The molecule has 0 aliphatic rings. The van der Waals surface area contributed by atoms with Crippen LogP contribution in [-0.4, -0.2) is 5.78 Å². The number of carbonyl (C=O) groups excluding carboxylic acids is 1. The van der Waals surface area contributed by atoms with Crippen molar-refractivity contribution in [1.29, 1.82) is 0 Å². The number of benzene rings is 2. The maximum absolute atomic E-state index is 13.4. The molecule has 0 fully saturated rings. The SMILES string of the molecule is O=C(Cc1ccc(Br)cc1)c1cccc(F)c1F. The predicted octanol–water partition coefficient (Wildman–Crippen LogP) is 4.15. The highest BCUT2D eigenvalue weighted by Gasteiger charge is 2.15. The molecule has 2 aromatic rings. The topological polar surface area (TPSA) is 17.1 Å². The number of rotatable bonds is 3. The minimum Gasteiger partial charge on any atom is -0.294 e. The van der Waals surface area contributed by atoms with E-state index in [2.05, 4.69) is 15.9 Å². The number of Topliss-reactive ketones (excluding diaryl/α,β-unsaturated/α-hetero) is 1. The molecule has 2 rings (SSSR count). The molecule has 0 saturated carbocycles. The van der Waals surface area contributed by atoms with Gasteiger partial charge in [-0.1, -0.05) is 34.1 Å². The zero-order chi connectivity index (χ0) is 13.1. The highest BCUT2D eigenvalue weighted by atomic mass is 79.9. The first-order valence-electron chi connectivity index (χ1n) is 5.29. The van der Waals surface area contributed by atoms with Crippen LogP contribution in [0.15, 0.2) is 46.9 Å². The molecular weight excluding hydrogens is 302 g/mol. The van der Waals surface area contributed by atoms with Gasteiger partial charge in [0.2, 0.25) is 0 Å². The van der Waals surface area contributed by atoms with E-state index in [9.17, 15) is 13.6 Å². The summed E-state index contributed by atoms with van der Waals surface area (Å²) in [5, 5.41) is 0. The Kier molecular flexibility index (Phi) is 3.87. The van der Waals surface area contributed by atoms with Gasteiger partial charge in [0.15, 0.2) is 17.4 Å². The summed E-state index contributed by atoms with van der Waals surface area (Å²) in [7, 11) is 0. The number of carbonyl (C=O) groups is 1. The highest BCUT2D eigenvalue weighted by molar-refractivity contribution is 9.10. The van der Waals surface area contributed by atoms with Crippen LogP contribution in [0.5, 0.6) is 0 Å². The van der Waals surface area contributed by atoms with Crippen molar-refractivity contribution in [3.8, 4) is 0 Å². The van der Waals surface area contributed by atoms with Gasteiger partial charge in [-0.15, -0.1) is 0 Å². The lowest BCUT2D eigenvalue weighted by Crippen LogP contribution is -2.07. The summed E-state index contributed by atoms with van der Waals surface area (Å²) in [6.07, 6.45) is 0.0493. The molecule has 0 aliphatic carbocycles. The standard InChI is InChI=1S/C14H9BrF2O/c15-10-6-4-9(5-7-10)8-13(18)11-2-1-3-12(16)14(11)17/h1-7H,8H2. The van der Waals surface area contributed by atoms with Crippen LogP contribution in [0.25, 0.3) is 0 Å². The largest absolute Gasteiger partial charge is 0.294 e. The normalized spacial score (nSPS) is 10.4. The van der Waals surface area contributed by atoms with E-state index in [1.807, 2.05) is 0 Å². The van der Waals surface area contributed by atoms with Crippen molar-refractivity contribution >= 4 is 21.7 Å². The molecule has 0 saturated heterocycles. The van der Waals surface area contributed by atoms with Gasteiger partial charge in [-0.2, -0.15) is 0 Å². The molecule has 92 valence electrons. The van der Waals surface area contributed by atoms with Gasteiger partial charge >= 0.3 is 0 Å². The van der Waals surface area contributed by atoms with Crippen molar-refractivity contribution in [1.82, 2.24) is 0 Å². The maximum atomic E-state index is 13.4. The van der Waals surface area contributed by atoms with Crippen LogP contribution >= 0.6 is 15.9 Å². The molecule has 2 aromatic carbocycles. The molecule has 0 N–H and O–H groups in total. The second-order valence-electron chi connectivity index (χ2n) is 3.83. The maximum Gasteiger partial charge on any atom is 0.170 e. The average molecular weight is 311 g/mol.